The van der Waals surface area contributed by atoms with Crippen molar-refractivity contribution in [1.29, 1.82) is 0 Å². The molecule has 0 spiro atoms. The number of rotatable bonds is 2. The zero-order valence-electron chi connectivity index (χ0n) is 12.5. The van der Waals surface area contributed by atoms with Gasteiger partial charge in [0.2, 0.25) is 0 Å². The van der Waals surface area contributed by atoms with Crippen LogP contribution in [0.5, 0.6) is 0 Å². The van der Waals surface area contributed by atoms with Gasteiger partial charge in [0.1, 0.15) is 0 Å². The molecule has 0 saturated carbocycles. The van der Waals surface area contributed by atoms with Crippen molar-refractivity contribution < 1.29 is 15.0 Å². The van der Waals surface area contributed by atoms with Crippen LogP contribution in [0.15, 0.2) is 18.2 Å². The molecular formula is C16H22N2O3. The molecule has 21 heavy (non-hydrogen) atoms. The molecule has 2 N–H and O–H groups in total. The molecule has 5 heteroatoms. The summed E-state index contributed by atoms with van der Waals surface area (Å²) in [6.07, 6.45) is 0.685. The van der Waals surface area contributed by atoms with Crippen LogP contribution in [0.3, 0.4) is 0 Å². The number of hydrogen-bond donors (Lipinski definition) is 2. The Balaban J connectivity index is 1.79. The molecule has 0 aromatic heterocycles. The fourth-order valence-electron chi connectivity index (χ4n) is 3.33. The average Bonchev–Trinajstić information content (AvgIpc) is 2.72. The Kier molecular flexibility index (Phi) is 3.63. The molecule has 2 unspecified atom stereocenters. The molecule has 1 fully saturated rings. The molecule has 1 saturated heterocycles. The summed E-state index contributed by atoms with van der Waals surface area (Å²) in [6.45, 7) is 3.68. The summed E-state index contributed by atoms with van der Waals surface area (Å²) in [5, 5.41) is 19.5. The van der Waals surface area contributed by atoms with E-state index in [1.54, 1.807) is 7.05 Å². The minimum absolute atomic E-state index is 0.244. The van der Waals surface area contributed by atoms with E-state index in [9.17, 15) is 15.0 Å². The number of aliphatic hydroxyl groups is 2. The van der Waals surface area contributed by atoms with E-state index in [4.69, 9.17) is 0 Å². The number of piperidine rings is 1. The fourth-order valence-corrected chi connectivity index (χ4v) is 3.33. The number of carbonyl (C=O) groups is 1. The molecule has 0 aliphatic carbocycles. The molecule has 114 valence electrons. The molecule has 1 aromatic carbocycles. The number of fused-ring (bicyclic) bond motifs is 1. The number of aliphatic hydroxyl groups excluding tert-OH is 2. The van der Waals surface area contributed by atoms with Crippen molar-refractivity contribution in [2.24, 2.45) is 5.92 Å². The number of amides is 1. The average molecular weight is 290 g/mol. The summed E-state index contributed by atoms with van der Waals surface area (Å²) in [4.78, 5) is 15.6. The fraction of sp³-hybridized carbons (Fsp3) is 0.562. The molecule has 3 rings (SSSR count). The van der Waals surface area contributed by atoms with E-state index in [0.717, 1.165) is 37.3 Å². The lowest BCUT2D eigenvalue weighted by molar-refractivity contribution is -0.125. The minimum atomic E-state index is -1.03. The maximum atomic E-state index is 11.8. The summed E-state index contributed by atoms with van der Waals surface area (Å²) in [5.74, 6) is 0.108. The van der Waals surface area contributed by atoms with Gasteiger partial charge in [-0.25, -0.2) is 0 Å². The smallest absolute Gasteiger partial charge is 0.260 e. The third-order valence-electron chi connectivity index (χ3n) is 4.82. The Bertz CT molecular complexity index is 550. The van der Waals surface area contributed by atoms with Crippen LogP contribution in [0, 0.1) is 5.92 Å². The summed E-state index contributed by atoms with van der Waals surface area (Å²) >= 11 is 0. The van der Waals surface area contributed by atoms with Crippen LogP contribution in [0.4, 0.5) is 11.4 Å². The normalized spacial score (nSPS) is 24.4. The Morgan fingerprint density at radius 3 is 2.57 bits per heavy atom. The standard InChI is InChI=1S/C16H22N2O3/c1-10(19)11-5-7-18(8-6-11)12-3-4-13-14(9-12)17(2)16(21)15(13)20/h3-4,9-11,15,19-20H,5-8H2,1-2H3. The van der Waals surface area contributed by atoms with E-state index in [-0.39, 0.29) is 12.0 Å². The Labute approximate surface area is 124 Å². The Morgan fingerprint density at radius 2 is 1.95 bits per heavy atom. The number of carbonyl (C=O) groups excluding carboxylic acids is 1. The zero-order chi connectivity index (χ0) is 15.1. The van der Waals surface area contributed by atoms with E-state index >= 15 is 0 Å². The quantitative estimate of drug-likeness (QED) is 0.861. The van der Waals surface area contributed by atoms with Gasteiger partial charge in [0.05, 0.1) is 11.8 Å². The van der Waals surface area contributed by atoms with Gasteiger partial charge in [-0.05, 0) is 37.8 Å². The monoisotopic (exact) mass is 290 g/mol. The van der Waals surface area contributed by atoms with Crippen molar-refractivity contribution >= 4 is 17.3 Å². The third-order valence-corrected chi connectivity index (χ3v) is 4.82. The van der Waals surface area contributed by atoms with E-state index < -0.39 is 6.10 Å². The molecule has 2 aliphatic heterocycles. The van der Waals surface area contributed by atoms with Crippen molar-refractivity contribution in [3.05, 3.63) is 23.8 Å². The van der Waals surface area contributed by atoms with Gasteiger partial charge < -0.3 is 20.0 Å². The van der Waals surface area contributed by atoms with Gasteiger partial charge in [-0.15, -0.1) is 0 Å². The van der Waals surface area contributed by atoms with E-state index in [0.29, 0.717) is 11.5 Å². The van der Waals surface area contributed by atoms with Gasteiger partial charge in [0.25, 0.3) is 5.91 Å². The van der Waals surface area contributed by atoms with Gasteiger partial charge in [0.15, 0.2) is 6.10 Å². The lowest BCUT2D eigenvalue weighted by Gasteiger charge is -2.35. The highest BCUT2D eigenvalue weighted by molar-refractivity contribution is 6.03. The first-order valence-corrected chi connectivity index (χ1v) is 7.51. The van der Waals surface area contributed by atoms with Gasteiger partial charge in [-0.2, -0.15) is 0 Å². The lowest BCUT2D eigenvalue weighted by Crippen LogP contribution is -2.37. The predicted molar refractivity (Wildman–Crippen MR) is 81.4 cm³/mol. The van der Waals surface area contributed by atoms with Gasteiger partial charge in [-0.1, -0.05) is 6.07 Å². The van der Waals surface area contributed by atoms with Crippen molar-refractivity contribution in [3.63, 3.8) is 0 Å². The molecular weight excluding hydrogens is 268 g/mol. The topological polar surface area (TPSA) is 64.0 Å². The second kappa shape index (κ2) is 5.31. The SMILES string of the molecule is CC(O)C1CCN(c2ccc3c(c2)N(C)C(=O)C3O)CC1. The zero-order valence-corrected chi connectivity index (χ0v) is 12.5. The Hall–Kier alpha value is -1.59. The number of nitrogens with zero attached hydrogens (tertiary/aromatic N) is 2. The summed E-state index contributed by atoms with van der Waals surface area (Å²) in [5.41, 5.74) is 2.55. The highest BCUT2D eigenvalue weighted by atomic mass is 16.3. The van der Waals surface area contributed by atoms with E-state index in [1.807, 2.05) is 25.1 Å². The van der Waals surface area contributed by atoms with Crippen molar-refractivity contribution in [2.45, 2.75) is 32.0 Å². The van der Waals surface area contributed by atoms with Crippen LogP contribution in [0.2, 0.25) is 0 Å². The Morgan fingerprint density at radius 1 is 1.29 bits per heavy atom. The van der Waals surface area contributed by atoms with Gasteiger partial charge in [0, 0.05) is 31.4 Å². The first-order chi connectivity index (χ1) is 9.99. The molecule has 5 nitrogen and oxygen atoms in total. The van der Waals surface area contributed by atoms with Crippen LogP contribution in [0.1, 0.15) is 31.4 Å². The second-order valence-electron chi connectivity index (χ2n) is 6.11. The van der Waals surface area contributed by atoms with Crippen LogP contribution < -0.4 is 9.80 Å². The van der Waals surface area contributed by atoms with Crippen LogP contribution in [-0.2, 0) is 4.79 Å². The molecule has 0 bridgehead atoms. The van der Waals surface area contributed by atoms with Crippen molar-refractivity contribution in [1.82, 2.24) is 0 Å². The first kappa shape index (κ1) is 14.4. The number of likely N-dealkylation sites (N-methyl/N-ethyl adjacent to an activating group) is 1. The first-order valence-electron chi connectivity index (χ1n) is 7.51. The third kappa shape index (κ3) is 2.40. The second-order valence-corrected chi connectivity index (χ2v) is 6.11. The van der Waals surface area contributed by atoms with E-state index in [1.165, 1.54) is 4.90 Å². The van der Waals surface area contributed by atoms with Crippen LogP contribution >= 0.6 is 0 Å². The maximum Gasteiger partial charge on any atom is 0.260 e. The molecule has 2 heterocycles. The van der Waals surface area contributed by atoms with Crippen LogP contribution in [-0.4, -0.2) is 42.4 Å². The van der Waals surface area contributed by atoms with Gasteiger partial charge in [-0.3, -0.25) is 4.79 Å². The summed E-state index contributed by atoms with van der Waals surface area (Å²) < 4.78 is 0. The highest BCUT2D eigenvalue weighted by Crippen LogP contribution is 2.38. The molecule has 2 aliphatic rings. The number of benzene rings is 1. The lowest BCUT2D eigenvalue weighted by atomic mass is 9.92. The molecule has 2 atom stereocenters. The molecule has 1 amide bonds. The minimum Gasteiger partial charge on any atom is -0.393 e. The predicted octanol–water partition coefficient (Wildman–Crippen LogP) is 1.29. The van der Waals surface area contributed by atoms with Crippen LogP contribution in [0.25, 0.3) is 0 Å². The summed E-state index contributed by atoms with van der Waals surface area (Å²) in [6, 6.07) is 5.79. The van der Waals surface area contributed by atoms with Gasteiger partial charge >= 0.3 is 0 Å². The largest absolute Gasteiger partial charge is 0.393 e. The van der Waals surface area contributed by atoms with Crippen molar-refractivity contribution in [2.75, 3.05) is 29.9 Å². The van der Waals surface area contributed by atoms with E-state index in [2.05, 4.69) is 4.90 Å². The number of hydrogen-bond acceptors (Lipinski definition) is 4. The maximum absolute atomic E-state index is 11.8. The summed E-state index contributed by atoms with van der Waals surface area (Å²) in [7, 11) is 1.70. The molecule has 1 aromatic rings. The van der Waals surface area contributed by atoms with Crippen molar-refractivity contribution in [3.8, 4) is 0 Å². The number of anilines is 2. The highest BCUT2D eigenvalue weighted by Gasteiger charge is 2.34. The molecule has 0 radical (unpaired) electrons.